The highest BCUT2D eigenvalue weighted by atomic mass is 16.0. The highest BCUT2D eigenvalue weighted by Gasteiger charge is -0.326. The molecule has 0 aromatic rings. The lowest BCUT2D eigenvalue weighted by atomic mass is 14.0. The van der Waals surface area contributed by atoms with Gasteiger partial charge in [0.1, 0.15) is 0 Å². The Labute approximate surface area is 123 Å². The molecule has 0 rings (SSSR count). The van der Waals surface area contributed by atoms with Crippen molar-refractivity contribution in [3.05, 3.63) is 0 Å². The maximum Gasteiger partial charge on any atom is -0.344 e. The van der Waals surface area contributed by atoms with Crippen LogP contribution in [0, 0.1) is 0 Å². The summed E-state index contributed by atoms with van der Waals surface area (Å²) in [6, 6.07) is 0. The zero-order valence-electron chi connectivity index (χ0n) is 13.9. The molecule has 0 bridgehead atoms. The van der Waals surface area contributed by atoms with E-state index in [1.165, 1.54) is 0 Å². The minimum atomic E-state index is 0. The lowest BCUT2D eigenvalue weighted by Gasteiger charge is -0.412. The summed E-state index contributed by atoms with van der Waals surface area (Å²) in [5.41, 5.74) is 0. The molecule has 0 atom stereocenters. The first-order valence-corrected chi connectivity index (χ1v) is 0. The highest BCUT2D eigenvalue weighted by Crippen LogP contribution is -0.289. The lowest BCUT2D eigenvalue weighted by molar-refractivity contribution is 0.824. The molecule has 0 aliphatic carbocycles. The van der Waals surface area contributed by atoms with Crippen LogP contribution in [-0.2, 0) is 0 Å². The van der Waals surface area contributed by atoms with Crippen LogP contribution in [0.5, 0.6) is 0 Å². The van der Waals surface area contributed by atoms with Gasteiger partial charge < -0.3 is 122 Å². The molecule has 0 fully saturated rings. The van der Waals surface area contributed by atoms with Gasteiger partial charge in [-0.15, -0.1) is 0 Å². The minimum absolute atomic E-state index is 0. The molecule has 160 valence electrons. The topological polar surface area (TPSA) is 696 Å². The SMILES string of the molecule is N.N.N.N.N.N.N.N.N.N.N.N.N.N.N.N.N.N.N.O. The summed E-state index contributed by atoms with van der Waals surface area (Å²) in [5, 5.41) is 0. The number of rotatable bonds is 0. The molecule has 0 aliphatic heterocycles. The standard InChI is InChI=1S/19H3N.H2O/h19*1H3;1H2. The Morgan fingerprint density at radius 2 is 0.100 bits per heavy atom. The zero-order valence-corrected chi connectivity index (χ0v) is 13.9. The van der Waals surface area contributed by atoms with Crippen molar-refractivity contribution in [3.8, 4) is 0 Å². The van der Waals surface area contributed by atoms with Gasteiger partial charge in [-0.3, -0.25) is 0 Å². The van der Waals surface area contributed by atoms with Crippen molar-refractivity contribution in [1.82, 2.24) is 117 Å². The van der Waals surface area contributed by atoms with E-state index >= 15 is 0 Å². The molecule has 0 unspecified atom stereocenters. The molecule has 0 heterocycles. The number of hydrogen-bond donors (Lipinski definition) is 19. The summed E-state index contributed by atoms with van der Waals surface area (Å²) in [5.74, 6) is 0. The highest BCUT2D eigenvalue weighted by molar-refractivity contribution is 2.15. The minimum Gasteiger partial charge on any atom is -0.412 e. The first-order valence-electron chi connectivity index (χ1n) is 0. The summed E-state index contributed by atoms with van der Waals surface area (Å²) in [6.07, 6.45) is 0. The molecule has 0 saturated carbocycles. The van der Waals surface area contributed by atoms with E-state index in [2.05, 4.69) is 0 Å². The summed E-state index contributed by atoms with van der Waals surface area (Å²) in [7, 11) is 0. The predicted molar refractivity (Wildman–Crippen MR) is 99.0 cm³/mol. The van der Waals surface area contributed by atoms with Gasteiger partial charge in [-0.1, -0.05) is 0 Å². The predicted octanol–water partition coefficient (Wildman–Crippen LogP) is 2.25. The second-order valence-electron chi connectivity index (χ2n) is 0. The van der Waals surface area contributed by atoms with Crippen LogP contribution in [0.1, 0.15) is 0 Å². The Hall–Kier alpha value is -0.800. The van der Waals surface area contributed by atoms with Crippen molar-refractivity contribution in [3.63, 3.8) is 0 Å². The Bertz CT molecular complexity index is 5.73. The summed E-state index contributed by atoms with van der Waals surface area (Å²) < 4.78 is 0. The molecule has 0 radical (unpaired) electrons. The van der Waals surface area contributed by atoms with Crippen molar-refractivity contribution >= 4 is 0 Å². The van der Waals surface area contributed by atoms with Gasteiger partial charge in [0.2, 0.25) is 0 Å². The molecule has 0 saturated heterocycles. The van der Waals surface area contributed by atoms with Gasteiger partial charge in [0.25, 0.3) is 0 Å². The quantitative estimate of drug-likeness (QED) is 0.299. The molecule has 0 aromatic heterocycles. The van der Waals surface area contributed by atoms with Crippen LogP contribution in [0.25, 0.3) is 0 Å². The van der Waals surface area contributed by atoms with Crippen molar-refractivity contribution in [2.75, 3.05) is 0 Å². The van der Waals surface area contributed by atoms with Crippen LogP contribution in [0.2, 0.25) is 0 Å². The molecular formula is H59N19O. The van der Waals surface area contributed by atoms with E-state index in [1.807, 2.05) is 0 Å². The fourth-order valence-corrected chi connectivity index (χ4v) is 0. The van der Waals surface area contributed by atoms with Gasteiger partial charge in [-0.25, -0.2) is 0 Å². The average Bonchev–Trinajstić information content (AvgIpc) is 0. The van der Waals surface area contributed by atoms with E-state index in [0.29, 0.717) is 0 Å². The van der Waals surface area contributed by atoms with Gasteiger partial charge in [-0.05, 0) is 0 Å². The second kappa shape index (κ2) is 8410. The van der Waals surface area contributed by atoms with Crippen molar-refractivity contribution in [2.24, 2.45) is 0 Å². The van der Waals surface area contributed by atoms with E-state index in [9.17, 15) is 0 Å². The monoisotopic (exact) mass is 342 g/mol. The van der Waals surface area contributed by atoms with Gasteiger partial charge in [0, 0.05) is 0 Å². The Morgan fingerprint density at radius 1 is 0.100 bits per heavy atom. The first kappa shape index (κ1) is 9940. The van der Waals surface area contributed by atoms with Crippen LogP contribution in [0.3, 0.4) is 0 Å². The van der Waals surface area contributed by atoms with Crippen molar-refractivity contribution < 1.29 is 5.48 Å². The maximum atomic E-state index is 0. The van der Waals surface area contributed by atoms with Gasteiger partial charge in [0.05, 0.1) is 0 Å². The van der Waals surface area contributed by atoms with Crippen LogP contribution in [0.15, 0.2) is 0 Å². The molecular weight excluding hydrogens is 282 g/mol. The van der Waals surface area contributed by atoms with E-state index in [0.717, 1.165) is 0 Å². The fraction of sp³-hybridized carbons (Fsp3) is 0. The third kappa shape index (κ3) is 7050. The molecule has 20 heteroatoms. The third-order valence-electron chi connectivity index (χ3n) is 0. The van der Waals surface area contributed by atoms with Crippen LogP contribution >= 0.6 is 0 Å². The normalized spacial score (nSPS) is 0. The lowest BCUT2D eigenvalue weighted by Crippen LogP contribution is -0.482. The average molecular weight is 342 g/mol. The molecule has 59 N–H and O–H groups in total. The summed E-state index contributed by atoms with van der Waals surface area (Å²) in [6.45, 7) is 0. The van der Waals surface area contributed by atoms with E-state index in [4.69, 9.17) is 0 Å². The molecule has 0 amide bonds. The van der Waals surface area contributed by atoms with Gasteiger partial charge in [-0.2, -0.15) is 0 Å². The molecule has 0 aliphatic rings. The number of hydrogen-bond acceptors (Lipinski definition) is 19. The summed E-state index contributed by atoms with van der Waals surface area (Å²) >= 11 is 0. The molecule has 0 aromatic carbocycles. The van der Waals surface area contributed by atoms with E-state index in [-0.39, 0.29) is 122 Å². The largest absolute Gasteiger partial charge is 0.412 e. The van der Waals surface area contributed by atoms with E-state index in [1.54, 1.807) is 0 Å². The van der Waals surface area contributed by atoms with Gasteiger partial charge in [0.15, 0.2) is 0 Å². The molecule has 0 spiro atoms. The Kier molecular flexibility index (Phi) is 4180000. The molecule has 20 nitrogen and oxygen atoms in total. The second-order valence-corrected chi connectivity index (χ2v) is 0. The smallest absolute Gasteiger partial charge is 0.344 e. The Morgan fingerprint density at radius 3 is 0.100 bits per heavy atom. The van der Waals surface area contributed by atoms with E-state index < -0.39 is 0 Å². The van der Waals surface area contributed by atoms with Gasteiger partial charge >= 0.3 is 0 Å². The fourth-order valence-electron chi connectivity index (χ4n) is 0. The first-order chi connectivity index (χ1) is 0. The summed E-state index contributed by atoms with van der Waals surface area (Å²) in [4.78, 5) is 0. The zero-order chi connectivity index (χ0) is 0. The third-order valence-corrected chi connectivity index (χ3v) is 0. The van der Waals surface area contributed by atoms with Crippen molar-refractivity contribution in [1.29, 1.82) is 0 Å². The maximum absolute atomic E-state index is 0. The van der Waals surface area contributed by atoms with Crippen molar-refractivity contribution in [2.45, 2.75) is 0 Å². The van der Waals surface area contributed by atoms with Crippen LogP contribution in [0.4, 0.5) is 0 Å². The van der Waals surface area contributed by atoms with Crippen LogP contribution in [-0.4, -0.2) is 5.48 Å². The Balaban J connectivity index is 0. The van der Waals surface area contributed by atoms with Crippen LogP contribution < -0.4 is 117 Å². The molecule has 20 heavy (non-hydrogen) atoms.